The second-order valence-corrected chi connectivity index (χ2v) is 10.1. The van der Waals surface area contributed by atoms with E-state index in [0.29, 0.717) is 32.5 Å². The minimum absolute atomic E-state index is 0. The Hall–Kier alpha value is -0.150. The molecule has 0 aliphatic carbocycles. The van der Waals surface area contributed by atoms with Gasteiger partial charge in [-0.05, 0) is 58.9 Å². The number of hydrogen-bond donors (Lipinski definition) is 1. The van der Waals surface area contributed by atoms with Crippen LogP contribution in [-0.4, -0.2) is 50.4 Å². The number of nitrogens with zero attached hydrogens (tertiary/aromatic N) is 1. The SMILES string of the molecule is CN(Cc1csc(Br)c1)C(=O)C1(S(C)(=O)=O)CCNCC1.Cl. The van der Waals surface area contributed by atoms with Gasteiger partial charge in [0.2, 0.25) is 5.91 Å². The summed E-state index contributed by atoms with van der Waals surface area (Å²) in [6.45, 7) is 1.53. The van der Waals surface area contributed by atoms with Crippen LogP contribution in [0.2, 0.25) is 0 Å². The molecule has 2 rings (SSSR count). The van der Waals surface area contributed by atoms with Gasteiger partial charge >= 0.3 is 0 Å². The molecule has 1 aliphatic rings. The van der Waals surface area contributed by atoms with Gasteiger partial charge in [0.15, 0.2) is 14.6 Å². The Balaban J connectivity index is 0.00000242. The number of carbonyl (C=O) groups excluding carboxylic acids is 1. The van der Waals surface area contributed by atoms with Crippen molar-refractivity contribution in [2.75, 3.05) is 26.4 Å². The number of carbonyl (C=O) groups is 1. The molecule has 1 aromatic heterocycles. The second kappa shape index (κ2) is 7.61. The first-order chi connectivity index (χ1) is 9.76. The van der Waals surface area contributed by atoms with Crippen molar-refractivity contribution in [2.45, 2.75) is 24.1 Å². The van der Waals surface area contributed by atoms with Crippen LogP contribution in [0, 0.1) is 0 Å². The average molecular weight is 432 g/mol. The number of rotatable bonds is 4. The van der Waals surface area contributed by atoms with E-state index in [1.165, 1.54) is 11.2 Å². The fraction of sp³-hybridized carbons (Fsp3) is 0.615. The van der Waals surface area contributed by atoms with E-state index in [-0.39, 0.29) is 18.3 Å². The summed E-state index contributed by atoms with van der Waals surface area (Å²) < 4.78 is 24.2. The number of nitrogens with one attached hydrogen (secondary N) is 1. The molecule has 1 fully saturated rings. The lowest BCUT2D eigenvalue weighted by molar-refractivity contribution is -0.134. The normalized spacial score (nSPS) is 17.6. The second-order valence-electron chi connectivity index (χ2n) is 5.44. The Morgan fingerprint density at radius 1 is 1.45 bits per heavy atom. The number of amides is 1. The third-order valence-electron chi connectivity index (χ3n) is 3.90. The van der Waals surface area contributed by atoms with Crippen LogP contribution in [0.4, 0.5) is 0 Å². The van der Waals surface area contributed by atoms with Gasteiger partial charge in [-0.2, -0.15) is 0 Å². The maximum atomic E-state index is 12.8. The minimum atomic E-state index is -3.46. The molecule has 5 nitrogen and oxygen atoms in total. The number of thiophene rings is 1. The van der Waals surface area contributed by atoms with Crippen LogP contribution in [0.1, 0.15) is 18.4 Å². The maximum absolute atomic E-state index is 12.8. The van der Waals surface area contributed by atoms with Gasteiger partial charge in [-0.15, -0.1) is 23.7 Å². The van der Waals surface area contributed by atoms with E-state index in [1.54, 1.807) is 18.4 Å². The molecule has 0 atom stereocenters. The van der Waals surface area contributed by atoms with E-state index in [9.17, 15) is 13.2 Å². The van der Waals surface area contributed by atoms with E-state index in [1.807, 2.05) is 11.4 Å². The highest BCUT2D eigenvalue weighted by Crippen LogP contribution is 2.30. The summed E-state index contributed by atoms with van der Waals surface area (Å²) in [5, 5.41) is 5.08. The molecule has 9 heteroatoms. The number of hydrogen-bond acceptors (Lipinski definition) is 5. The smallest absolute Gasteiger partial charge is 0.244 e. The van der Waals surface area contributed by atoms with Crippen LogP contribution in [0.15, 0.2) is 15.2 Å². The van der Waals surface area contributed by atoms with Gasteiger partial charge in [0.25, 0.3) is 0 Å². The lowest BCUT2D eigenvalue weighted by Gasteiger charge is -2.37. The fourth-order valence-electron chi connectivity index (χ4n) is 2.70. The summed E-state index contributed by atoms with van der Waals surface area (Å²) in [5.74, 6) is -0.297. The Morgan fingerprint density at radius 3 is 2.50 bits per heavy atom. The molecule has 0 saturated carbocycles. The third kappa shape index (κ3) is 4.03. The quantitative estimate of drug-likeness (QED) is 0.792. The summed E-state index contributed by atoms with van der Waals surface area (Å²) in [4.78, 5) is 14.3. The standard InChI is InChI=1S/C13H19BrN2O3S2.ClH/c1-16(8-10-7-11(14)20-9-10)12(17)13(21(2,18)19)3-5-15-6-4-13;/h7,9,15H,3-6,8H2,1-2H3;1H. The molecule has 1 saturated heterocycles. The van der Waals surface area contributed by atoms with Crippen molar-refractivity contribution in [3.8, 4) is 0 Å². The molecule has 1 N–H and O–H groups in total. The molecule has 0 spiro atoms. The predicted molar refractivity (Wildman–Crippen MR) is 95.4 cm³/mol. The first-order valence-electron chi connectivity index (χ1n) is 6.65. The fourth-order valence-corrected chi connectivity index (χ4v) is 5.32. The van der Waals surface area contributed by atoms with Gasteiger partial charge in [-0.3, -0.25) is 4.79 Å². The molecule has 0 aromatic carbocycles. The minimum Gasteiger partial charge on any atom is -0.340 e. The molecular formula is C13H20BrClN2O3S2. The van der Waals surface area contributed by atoms with Crippen molar-refractivity contribution in [1.82, 2.24) is 10.2 Å². The first-order valence-corrected chi connectivity index (χ1v) is 10.2. The zero-order valence-corrected chi connectivity index (χ0v) is 16.5. The van der Waals surface area contributed by atoms with Gasteiger partial charge in [0.05, 0.1) is 3.79 Å². The third-order valence-corrected chi connectivity index (χ3v) is 7.45. The van der Waals surface area contributed by atoms with Crippen LogP contribution in [0.5, 0.6) is 0 Å². The molecule has 22 heavy (non-hydrogen) atoms. The molecule has 0 unspecified atom stereocenters. The van der Waals surface area contributed by atoms with Gasteiger partial charge in [0, 0.05) is 19.8 Å². The van der Waals surface area contributed by atoms with Gasteiger partial charge in [0.1, 0.15) is 0 Å². The molecule has 1 amide bonds. The summed E-state index contributed by atoms with van der Waals surface area (Å²) in [6.07, 6.45) is 1.84. The number of piperidine rings is 1. The van der Waals surface area contributed by atoms with Crippen LogP contribution < -0.4 is 5.32 Å². The van der Waals surface area contributed by atoms with E-state index >= 15 is 0 Å². The van der Waals surface area contributed by atoms with Crippen molar-refractivity contribution < 1.29 is 13.2 Å². The van der Waals surface area contributed by atoms with Gasteiger partial charge < -0.3 is 10.2 Å². The Bertz CT molecular complexity index is 627. The highest BCUT2D eigenvalue weighted by Gasteiger charge is 2.49. The lowest BCUT2D eigenvalue weighted by atomic mass is 9.95. The van der Waals surface area contributed by atoms with Crippen LogP contribution >= 0.6 is 39.7 Å². The van der Waals surface area contributed by atoms with E-state index in [4.69, 9.17) is 0 Å². The van der Waals surface area contributed by atoms with Crippen LogP contribution in [-0.2, 0) is 21.2 Å². The molecule has 2 heterocycles. The Kier molecular flexibility index (Phi) is 6.88. The van der Waals surface area contributed by atoms with E-state index < -0.39 is 14.6 Å². The molecule has 1 aliphatic heterocycles. The zero-order chi connectivity index (χ0) is 15.7. The van der Waals surface area contributed by atoms with Crippen LogP contribution in [0.25, 0.3) is 0 Å². The predicted octanol–water partition coefficient (Wildman–Crippen LogP) is 2.06. The van der Waals surface area contributed by atoms with E-state index in [2.05, 4.69) is 21.2 Å². The maximum Gasteiger partial charge on any atom is 0.244 e. The summed E-state index contributed by atoms with van der Waals surface area (Å²) in [5.41, 5.74) is 1.00. The number of sulfone groups is 1. The Morgan fingerprint density at radius 2 is 2.05 bits per heavy atom. The van der Waals surface area contributed by atoms with Gasteiger partial charge in [-0.25, -0.2) is 8.42 Å². The highest BCUT2D eigenvalue weighted by atomic mass is 79.9. The lowest BCUT2D eigenvalue weighted by Crippen LogP contribution is -2.57. The molecule has 0 bridgehead atoms. The average Bonchev–Trinajstić information content (AvgIpc) is 2.82. The molecule has 0 radical (unpaired) electrons. The van der Waals surface area contributed by atoms with Crippen molar-refractivity contribution in [2.24, 2.45) is 0 Å². The van der Waals surface area contributed by atoms with Crippen molar-refractivity contribution in [3.63, 3.8) is 0 Å². The van der Waals surface area contributed by atoms with E-state index in [0.717, 1.165) is 9.35 Å². The molecule has 1 aromatic rings. The topological polar surface area (TPSA) is 66.5 Å². The summed E-state index contributed by atoms with van der Waals surface area (Å²) in [6, 6.07) is 1.95. The molecular weight excluding hydrogens is 412 g/mol. The van der Waals surface area contributed by atoms with Crippen molar-refractivity contribution >= 4 is 55.4 Å². The first kappa shape index (κ1) is 19.9. The summed E-state index contributed by atoms with van der Waals surface area (Å²) >= 11 is 4.94. The van der Waals surface area contributed by atoms with Crippen molar-refractivity contribution in [1.29, 1.82) is 0 Å². The zero-order valence-electron chi connectivity index (χ0n) is 12.5. The van der Waals surface area contributed by atoms with Gasteiger partial charge in [-0.1, -0.05) is 0 Å². The highest BCUT2D eigenvalue weighted by molar-refractivity contribution is 9.11. The molecule has 126 valence electrons. The Labute approximate surface area is 149 Å². The largest absolute Gasteiger partial charge is 0.340 e. The summed E-state index contributed by atoms with van der Waals surface area (Å²) in [7, 11) is -1.79. The number of halogens is 2. The van der Waals surface area contributed by atoms with Crippen molar-refractivity contribution in [3.05, 3.63) is 20.8 Å². The van der Waals surface area contributed by atoms with Crippen LogP contribution in [0.3, 0.4) is 0 Å². The monoisotopic (exact) mass is 430 g/mol.